The molecule has 2 fully saturated rings. The van der Waals surface area contributed by atoms with Gasteiger partial charge in [0, 0.05) is 37.8 Å². The molecule has 3 heteroatoms. The zero-order valence-electron chi connectivity index (χ0n) is 11.8. The van der Waals surface area contributed by atoms with E-state index in [1.165, 1.54) is 44.9 Å². The highest BCUT2D eigenvalue weighted by Crippen LogP contribution is 2.35. The standard InChI is InChI=1S/C15H29NO2/c1-13(14-5-9-18-10-6-14)16-11-15(12-17)7-3-2-4-8-15/h13-14,16-17H,2-12H2,1H3. The van der Waals surface area contributed by atoms with Gasteiger partial charge in [0.1, 0.15) is 0 Å². The lowest BCUT2D eigenvalue weighted by molar-refractivity contribution is 0.0460. The van der Waals surface area contributed by atoms with E-state index in [4.69, 9.17) is 4.74 Å². The van der Waals surface area contributed by atoms with Crippen molar-refractivity contribution in [3.8, 4) is 0 Å². The summed E-state index contributed by atoms with van der Waals surface area (Å²) in [6, 6.07) is 0.555. The third kappa shape index (κ3) is 3.69. The molecule has 106 valence electrons. The van der Waals surface area contributed by atoms with E-state index in [0.29, 0.717) is 12.6 Å². The van der Waals surface area contributed by atoms with E-state index in [-0.39, 0.29) is 5.41 Å². The molecule has 1 atom stereocenters. The summed E-state index contributed by atoms with van der Waals surface area (Å²) in [7, 11) is 0. The molecule has 2 N–H and O–H groups in total. The molecular formula is C15H29NO2. The van der Waals surface area contributed by atoms with Crippen LogP contribution in [0.4, 0.5) is 0 Å². The molecular weight excluding hydrogens is 226 g/mol. The highest BCUT2D eigenvalue weighted by Gasteiger charge is 2.32. The van der Waals surface area contributed by atoms with Gasteiger partial charge in [0.2, 0.25) is 0 Å². The zero-order chi connectivity index (χ0) is 12.8. The summed E-state index contributed by atoms with van der Waals surface area (Å²) in [5, 5.41) is 13.4. The normalized spacial score (nSPS) is 27.0. The van der Waals surface area contributed by atoms with Crippen molar-refractivity contribution in [2.24, 2.45) is 11.3 Å². The summed E-state index contributed by atoms with van der Waals surface area (Å²) in [6.07, 6.45) is 8.66. The fraction of sp³-hybridized carbons (Fsp3) is 1.00. The second kappa shape index (κ2) is 6.88. The molecule has 0 aromatic carbocycles. The molecule has 0 bridgehead atoms. The van der Waals surface area contributed by atoms with Gasteiger partial charge in [0.25, 0.3) is 0 Å². The topological polar surface area (TPSA) is 41.5 Å². The van der Waals surface area contributed by atoms with Crippen molar-refractivity contribution >= 4 is 0 Å². The molecule has 1 saturated heterocycles. The van der Waals surface area contributed by atoms with Crippen LogP contribution in [0.1, 0.15) is 51.9 Å². The number of hydrogen-bond acceptors (Lipinski definition) is 3. The van der Waals surface area contributed by atoms with Crippen LogP contribution < -0.4 is 5.32 Å². The van der Waals surface area contributed by atoms with E-state index in [1.807, 2.05) is 0 Å². The third-order valence-electron chi connectivity index (χ3n) is 5.02. The van der Waals surface area contributed by atoms with Crippen LogP contribution in [0.3, 0.4) is 0 Å². The number of hydrogen-bond donors (Lipinski definition) is 2. The minimum Gasteiger partial charge on any atom is -0.396 e. The van der Waals surface area contributed by atoms with Crippen LogP contribution in [0.15, 0.2) is 0 Å². The van der Waals surface area contributed by atoms with Crippen LogP contribution in [0.25, 0.3) is 0 Å². The largest absolute Gasteiger partial charge is 0.396 e. The van der Waals surface area contributed by atoms with Gasteiger partial charge in [-0.1, -0.05) is 19.3 Å². The quantitative estimate of drug-likeness (QED) is 0.792. The maximum Gasteiger partial charge on any atom is 0.0499 e. The van der Waals surface area contributed by atoms with Crippen LogP contribution in [-0.4, -0.2) is 37.5 Å². The second-order valence-corrected chi connectivity index (χ2v) is 6.34. The highest BCUT2D eigenvalue weighted by molar-refractivity contribution is 4.86. The van der Waals surface area contributed by atoms with E-state index < -0.39 is 0 Å². The van der Waals surface area contributed by atoms with Crippen molar-refractivity contribution in [3.05, 3.63) is 0 Å². The van der Waals surface area contributed by atoms with Crippen molar-refractivity contribution in [2.45, 2.75) is 57.9 Å². The lowest BCUT2D eigenvalue weighted by Gasteiger charge is -2.38. The van der Waals surface area contributed by atoms with Crippen molar-refractivity contribution in [1.82, 2.24) is 5.32 Å². The Balaban J connectivity index is 1.77. The van der Waals surface area contributed by atoms with E-state index in [0.717, 1.165) is 25.7 Å². The Kier molecular flexibility index (Phi) is 5.46. The van der Waals surface area contributed by atoms with Crippen LogP contribution in [0, 0.1) is 11.3 Å². The number of ether oxygens (including phenoxy) is 1. The highest BCUT2D eigenvalue weighted by atomic mass is 16.5. The summed E-state index contributed by atoms with van der Waals surface area (Å²) >= 11 is 0. The first-order chi connectivity index (χ1) is 8.76. The molecule has 1 heterocycles. The third-order valence-corrected chi connectivity index (χ3v) is 5.02. The number of aliphatic hydroxyl groups is 1. The minimum absolute atomic E-state index is 0.164. The van der Waals surface area contributed by atoms with E-state index in [1.54, 1.807) is 0 Å². The van der Waals surface area contributed by atoms with Gasteiger partial charge in [-0.05, 0) is 38.5 Å². The molecule has 0 spiro atoms. The average Bonchev–Trinajstić information content (AvgIpc) is 2.47. The van der Waals surface area contributed by atoms with Crippen LogP contribution in [0.5, 0.6) is 0 Å². The molecule has 2 aliphatic rings. The van der Waals surface area contributed by atoms with Crippen molar-refractivity contribution in [3.63, 3.8) is 0 Å². The molecule has 18 heavy (non-hydrogen) atoms. The first-order valence-corrected chi connectivity index (χ1v) is 7.68. The predicted octanol–water partition coefficient (Wildman–Crippen LogP) is 2.33. The van der Waals surface area contributed by atoms with Crippen molar-refractivity contribution in [2.75, 3.05) is 26.4 Å². The van der Waals surface area contributed by atoms with Crippen LogP contribution >= 0.6 is 0 Å². The molecule has 1 unspecified atom stereocenters. The Morgan fingerprint density at radius 1 is 1.22 bits per heavy atom. The van der Waals surface area contributed by atoms with Gasteiger partial charge < -0.3 is 15.2 Å². The van der Waals surface area contributed by atoms with Crippen molar-refractivity contribution in [1.29, 1.82) is 0 Å². The predicted molar refractivity (Wildman–Crippen MR) is 73.6 cm³/mol. The number of nitrogens with one attached hydrogen (secondary N) is 1. The fourth-order valence-corrected chi connectivity index (χ4v) is 3.45. The fourth-order valence-electron chi connectivity index (χ4n) is 3.45. The maximum absolute atomic E-state index is 9.70. The Labute approximate surface area is 111 Å². The summed E-state index contributed by atoms with van der Waals surface area (Å²) < 4.78 is 5.42. The molecule has 1 aliphatic heterocycles. The van der Waals surface area contributed by atoms with Crippen LogP contribution in [0.2, 0.25) is 0 Å². The Hall–Kier alpha value is -0.120. The first-order valence-electron chi connectivity index (χ1n) is 7.68. The second-order valence-electron chi connectivity index (χ2n) is 6.34. The lowest BCUT2D eigenvalue weighted by Crippen LogP contribution is -2.45. The monoisotopic (exact) mass is 255 g/mol. The minimum atomic E-state index is 0.164. The Bertz CT molecular complexity index is 233. The van der Waals surface area contributed by atoms with Gasteiger partial charge in [-0.2, -0.15) is 0 Å². The molecule has 0 aromatic rings. The molecule has 1 aliphatic carbocycles. The molecule has 0 radical (unpaired) electrons. The summed E-state index contributed by atoms with van der Waals surface area (Å²) in [6.45, 7) is 5.47. The molecule has 1 saturated carbocycles. The van der Waals surface area contributed by atoms with Gasteiger partial charge in [-0.3, -0.25) is 0 Å². The van der Waals surface area contributed by atoms with Gasteiger partial charge in [-0.15, -0.1) is 0 Å². The van der Waals surface area contributed by atoms with Crippen molar-refractivity contribution < 1.29 is 9.84 Å². The Morgan fingerprint density at radius 3 is 2.50 bits per heavy atom. The summed E-state index contributed by atoms with van der Waals surface area (Å²) in [4.78, 5) is 0. The summed E-state index contributed by atoms with van der Waals surface area (Å²) in [5.41, 5.74) is 0.164. The maximum atomic E-state index is 9.70. The average molecular weight is 255 g/mol. The molecule has 0 amide bonds. The SMILES string of the molecule is CC(NCC1(CO)CCCCC1)C1CCOCC1. The molecule has 3 nitrogen and oxygen atoms in total. The van der Waals surface area contributed by atoms with E-state index in [2.05, 4.69) is 12.2 Å². The summed E-state index contributed by atoms with van der Waals surface area (Å²) in [5.74, 6) is 0.748. The zero-order valence-corrected chi connectivity index (χ0v) is 11.8. The van der Waals surface area contributed by atoms with E-state index >= 15 is 0 Å². The van der Waals surface area contributed by atoms with Crippen LogP contribution in [-0.2, 0) is 4.74 Å². The first kappa shape index (κ1) is 14.3. The van der Waals surface area contributed by atoms with Gasteiger partial charge >= 0.3 is 0 Å². The number of rotatable bonds is 5. The number of aliphatic hydroxyl groups excluding tert-OH is 1. The van der Waals surface area contributed by atoms with Gasteiger partial charge in [0.05, 0.1) is 0 Å². The van der Waals surface area contributed by atoms with Gasteiger partial charge in [0.15, 0.2) is 0 Å². The van der Waals surface area contributed by atoms with E-state index in [9.17, 15) is 5.11 Å². The lowest BCUT2D eigenvalue weighted by atomic mass is 9.74. The smallest absolute Gasteiger partial charge is 0.0499 e. The molecule has 2 rings (SSSR count). The Morgan fingerprint density at radius 2 is 1.89 bits per heavy atom. The molecule has 0 aromatic heterocycles. The van der Waals surface area contributed by atoms with Gasteiger partial charge in [-0.25, -0.2) is 0 Å².